The van der Waals surface area contributed by atoms with Crippen molar-refractivity contribution in [1.29, 1.82) is 10.5 Å². The number of nitriles is 2. The van der Waals surface area contributed by atoms with Crippen LogP contribution in [0.25, 0.3) is 21.7 Å². The predicted octanol–water partition coefficient (Wildman–Crippen LogP) is 6.05. The van der Waals surface area contributed by atoms with Crippen molar-refractivity contribution < 1.29 is 19.1 Å². The lowest BCUT2D eigenvalue weighted by Gasteiger charge is -2.22. The van der Waals surface area contributed by atoms with Crippen molar-refractivity contribution in [3.05, 3.63) is 75.8 Å². The number of thiazole rings is 1. The molecule has 3 heterocycles. The molecule has 0 bridgehead atoms. The van der Waals surface area contributed by atoms with E-state index in [1.54, 1.807) is 12.1 Å². The van der Waals surface area contributed by atoms with Crippen molar-refractivity contribution in [2.75, 3.05) is 44.3 Å². The second-order valence-electron chi connectivity index (χ2n) is 12.2. The molecule has 2 aromatic carbocycles. The van der Waals surface area contributed by atoms with Crippen molar-refractivity contribution in [2.45, 2.75) is 55.3 Å². The number of hydrogen-bond donors (Lipinski definition) is 3. The number of esters is 1. The number of anilines is 1. The molecule has 15 heteroatoms. The number of hydrogen-bond acceptors (Lipinski definition) is 13. The molecule has 5 N–H and O–H groups in total. The zero-order valence-corrected chi connectivity index (χ0v) is 31.6. The number of nitrogens with two attached hydrogens (primary N) is 2. The van der Waals surface area contributed by atoms with Crippen molar-refractivity contribution in [2.24, 2.45) is 11.5 Å². The highest BCUT2D eigenvalue weighted by Crippen LogP contribution is 2.40. The van der Waals surface area contributed by atoms with Crippen LogP contribution in [0.1, 0.15) is 55.3 Å². The summed E-state index contributed by atoms with van der Waals surface area (Å²) in [6.07, 6.45) is 4.12. The number of thioether (sulfide) groups is 1. The van der Waals surface area contributed by atoms with Crippen LogP contribution < -0.4 is 26.4 Å². The van der Waals surface area contributed by atoms with Crippen LogP contribution >= 0.6 is 34.7 Å². The molecule has 5 rings (SSSR count). The molecule has 276 valence electrons. The summed E-state index contributed by atoms with van der Waals surface area (Å²) in [6.45, 7) is 2.38. The number of unbranched alkanes of at least 4 members (excludes halogenated alkanes) is 1. The number of carbonyl (C=O) groups excluding carboxylic acids is 2. The van der Waals surface area contributed by atoms with E-state index in [1.807, 2.05) is 41.8 Å². The fraction of sp³-hybridized carbons (Fsp3) is 0.368. The number of ether oxygens (including phenoxy) is 2. The first-order valence-corrected chi connectivity index (χ1v) is 19.6. The molecular weight excluding hydrogens is 732 g/mol. The van der Waals surface area contributed by atoms with Gasteiger partial charge in [0.15, 0.2) is 0 Å². The number of pyridine rings is 1. The first-order valence-electron chi connectivity index (χ1n) is 17.4. The minimum absolute atomic E-state index is 0.0122. The fourth-order valence-corrected chi connectivity index (χ4v) is 7.65. The highest BCUT2D eigenvalue weighted by Gasteiger charge is 2.26. The Morgan fingerprint density at radius 3 is 2.42 bits per heavy atom. The van der Waals surface area contributed by atoms with Crippen LogP contribution in [0.2, 0.25) is 5.02 Å². The number of nitrogens with zero attached hydrogens (tertiary/aromatic N) is 5. The average Bonchev–Trinajstić information content (AvgIpc) is 3.89. The molecule has 1 atom stereocenters. The molecular formula is C38H41ClN8O4S2. The van der Waals surface area contributed by atoms with Gasteiger partial charge < -0.3 is 31.2 Å². The van der Waals surface area contributed by atoms with Gasteiger partial charge in [0, 0.05) is 46.9 Å². The van der Waals surface area contributed by atoms with E-state index in [-0.39, 0.29) is 32.1 Å². The van der Waals surface area contributed by atoms with Gasteiger partial charge in [0.05, 0.1) is 23.7 Å². The summed E-state index contributed by atoms with van der Waals surface area (Å²) in [6, 6.07) is 18.7. The standard InChI is InChI=1S/C38H41ClN8O4S2/c39-27-10-6-26(7-11-27)37-45-28(23-52-37)24-53-38-31(22-42)34(30(21-41)35(46-38)47-17-3-4-18-47)25-8-12-29(13-9-25)50-19-20-51-33(48)14-16-44-36(49)32(43)5-1-2-15-40/h6-13,23,32H,1-5,14-20,24,40,43H2,(H,44,49). The van der Waals surface area contributed by atoms with E-state index in [2.05, 4.69) is 22.4 Å². The summed E-state index contributed by atoms with van der Waals surface area (Å²) in [5.74, 6) is 0.826. The van der Waals surface area contributed by atoms with Gasteiger partial charge in [0.1, 0.15) is 52.5 Å². The molecule has 0 spiro atoms. The smallest absolute Gasteiger partial charge is 0.307 e. The molecule has 0 saturated carbocycles. The summed E-state index contributed by atoms with van der Waals surface area (Å²) in [4.78, 5) is 36.0. The molecule has 12 nitrogen and oxygen atoms in total. The molecule has 1 aliphatic heterocycles. The molecule has 0 radical (unpaired) electrons. The molecule has 1 amide bonds. The summed E-state index contributed by atoms with van der Waals surface area (Å²) < 4.78 is 11.0. The fourth-order valence-electron chi connectivity index (χ4n) is 5.72. The van der Waals surface area contributed by atoms with Crippen LogP contribution in [0.3, 0.4) is 0 Å². The van der Waals surface area contributed by atoms with Crippen molar-refractivity contribution in [3.8, 4) is 39.6 Å². The van der Waals surface area contributed by atoms with Crippen LogP contribution in [-0.4, -0.2) is 67.3 Å². The van der Waals surface area contributed by atoms with Crippen molar-refractivity contribution in [3.63, 3.8) is 0 Å². The van der Waals surface area contributed by atoms with Gasteiger partial charge in [0.25, 0.3) is 0 Å². The summed E-state index contributed by atoms with van der Waals surface area (Å²) in [7, 11) is 0. The third kappa shape index (κ3) is 10.9. The van der Waals surface area contributed by atoms with E-state index in [0.717, 1.165) is 55.0 Å². The highest BCUT2D eigenvalue weighted by molar-refractivity contribution is 7.98. The third-order valence-electron chi connectivity index (χ3n) is 8.47. The minimum Gasteiger partial charge on any atom is -0.490 e. The first kappa shape index (κ1) is 39.5. The van der Waals surface area contributed by atoms with Gasteiger partial charge in [-0.25, -0.2) is 9.97 Å². The monoisotopic (exact) mass is 772 g/mol. The topological polar surface area (TPSA) is 193 Å². The lowest BCUT2D eigenvalue weighted by atomic mass is 9.96. The van der Waals surface area contributed by atoms with E-state index in [0.29, 0.717) is 62.6 Å². The Morgan fingerprint density at radius 2 is 1.72 bits per heavy atom. The molecule has 1 saturated heterocycles. The first-order chi connectivity index (χ1) is 25.8. The Kier molecular flexibility index (Phi) is 14.9. The van der Waals surface area contributed by atoms with E-state index >= 15 is 0 Å². The third-order valence-corrected chi connectivity index (χ3v) is 10.7. The summed E-state index contributed by atoms with van der Waals surface area (Å²) >= 11 is 9.02. The lowest BCUT2D eigenvalue weighted by Crippen LogP contribution is -2.41. The number of halogens is 1. The van der Waals surface area contributed by atoms with Gasteiger partial charge in [0.2, 0.25) is 5.91 Å². The number of nitrogens with one attached hydrogen (secondary N) is 1. The maximum atomic E-state index is 12.1. The maximum Gasteiger partial charge on any atom is 0.307 e. The van der Waals surface area contributed by atoms with Crippen LogP contribution in [0.15, 0.2) is 58.9 Å². The normalized spacial score (nSPS) is 12.9. The molecule has 4 aromatic rings. The van der Waals surface area contributed by atoms with Crippen LogP contribution in [0.5, 0.6) is 5.75 Å². The van der Waals surface area contributed by atoms with Crippen LogP contribution in [-0.2, 0) is 20.1 Å². The van der Waals surface area contributed by atoms with Crippen LogP contribution in [0.4, 0.5) is 5.82 Å². The largest absolute Gasteiger partial charge is 0.490 e. The van der Waals surface area contributed by atoms with E-state index in [1.165, 1.54) is 23.1 Å². The minimum atomic E-state index is -0.633. The molecule has 1 fully saturated rings. The summed E-state index contributed by atoms with van der Waals surface area (Å²) in [5.41, 5.74) is 15.1. The lowest BCUT2D eigenvalue weighted by molar-refractivity contribution is -0.144. The van der Waals surface area contributed by atoms with E-state index < -0.39 is 12.0 Å². The van der Waals surface area contributed by atoms with Gasteiger partial charge in [-0.1, -0.05) is 54.0 Å². The zero-order chi connectivity index (χ0) is 37.6. The number of rotatable bonds is 18. The Hall–Kier alpha value is -4.70. The van der Waals surface area contributed by atoms with Gasteiger partial charge >= 0.3 is 5.97 Å². The molecule has 0 aliphatic carbocycles. The Labute approximate surface area is 322 Å². The van der Waals surface area contributed by atoms with Gasteiger partial charge in [-0.05, 0) is 62.1 Å². The average molecular weight is 773 g/mol. The number of benzene rings is 2. The highest BCUT2D eigenvalue weighted by atomic mass is 35.5. The van der Waals surface area contributed by atoms with Gasteiger partial charge in [-0.3, -0.25) is 9.59 Å². The second kappa shape index (κ2) is 19.9. The van der Waals surface area contributed by atoms with Gasteiger partial charge in [-0.15, -0.1) is 11.3 Å². The Balaban J connectivity index is 1.22. The van der Waals surface area contributed by atoms with Gasteiger partial charge in [-0.2, -0.15) is 10.5 Å². The second-order valence-corrected chi connectivity index (χ2v) is 14.5. The Morgan fingerprint density at radius 1 is 1.00 bits per heavy atom. The number of aromatic nitrogens is 2. The predicted molar refractivity (Wildman–Crippen MR) is 208 cm³/mol. The maximum absolute atomic E-state index is 12.1. The molecule has 1 unspecified atom stereocenters. The Bertz CT molecular complexity index is 1940. The number of amides is 1. The molecule has 2 aromatic heterocycles. The van der Waals surface area contributed by atoms with Crippen LogP contribution in [0, 0.1) is 22.7 Å². The molecule has 1 aliphatic rings. The van der Waals surface area contributed by atoms with Crippen molar-refractivity contribution in [1.82, 2.24) is 15.3 Å². The zero-order valence-electron chi connectivity index (χ0n) is 29.2. The van der Waals surface area contributed by atoms with E-state index in [4.69, 9.17) is 42.5 Å². The SMILES string of the molecule is N#Cc1c(SCc2csc(-c3ccc(Cl)cc3)n2)nc(N2CCCC2)c(C#N)c1-c1ccc(OCCOC(=O)CCNC(=O)C(N)CCCCN)cc1. The summed E-state index contributed by atoms with van der Waals surface area (Å²) in [5, 5.41) is 27.6. The van der Waals surface area contributed by atoms with E-state index in [9.17, 15) is 20.1 Å². The quantitative estimate of drug-likeness (QED) is 0.0604. The molecule has 53 heavy (non-hydrogen) atoms. The number of carbonyl (C=O) groups is 2. The van der Waals surface area contributed by atoms with Crippen molar-refractivity contribution >= 4 is 52.4 Å².